The van der Waals surface area contributed by atoms with Crippen molar-refractivity contribution in [2.24, 2.45) is 0 Å². The highest BCUT2D eigenvalue weighted by molar-refractivity contribution is 6.32. The summed E-state index contributed by atoms with van der Waals surface area (Å²) >= 11 is 6.11. The minimum atomic E-state index is -1.20. The standard InChI is InChI=1S/C16H22ClNO4/c1-15(2,3)22-14(20)18(5)16(4,10-19)11-7-8-13(21-6)12(17)9-11/h7-10H,1-6H3. The summed E-state index contributed by atoms with van der Waals surface area (Å²) in [6.45, 7) is 6.92. The molecule has 0 N–H and O–H groups in total. The maximum Gasteiger partial charge on any atom is 0.411 e. The van der Waals surface area contributed by atoms with Gasteiger partial charge in [0.05, 0.1) is 12.1 Å². The molecule has 1 amide bonds. The molecule has 0 fully saturated rings. The Bertz CT molecular complexity index is 568. The highest BCUT2D eigenvalue weighted by atomic mass is 35.5. The number of hydrogen-bond donors (Lipinski definition) is 0. The Kier molecular flexibility index (Phi) is 5.46. The number of ether oxygens (including phenoxy) is 2. The molecule has 0 saturated carbocycles. The molecule has 0 saturated heterocycles. The Morgan fingerprint density at radius 2 is 1.86 bits per heavy atom. The van der Waals surface area contributed by atoms with Crippen LogP contribution >= 0.6 is 11.6 Å². The van der Waals surface area contributed by atoms with Crippen molar-refractivity contribution >= 4 is 24.0 Å². The van der Waals surface area contributed by atoms with Gasteiger partial charge in [0.15, 0.2) is 0 Å². The van der Waals surface area contributed by atoms with Gasteiger partial charge in [-0.05, 0) is 45.4 Å². The van der Waals surface area contributed by atoms with Crippen LogP contribution in [-0.4, -0.2) is 37.0 Å². The summed E-state index contributed by atoms with van der Waals surface area (Å²) in [5.74, 6) is 0.499. The molecule has 0 aromatic heterocycles. The number of likely N-dealkylation sites (N-methyl/N-ethyl adjacent to an activating group) is 1. The van der Waals surface area contributed by atoms with E-state index in [9.17, 15) is 9.59 Å². The average molecular weight is 328 g/mol. The molecular formula is C16H22ClNO4. The molecule has 6 heteroatoms. The number of carbonyl (C=O) groups excluding carboxylic acids is 2. The van der Waals surface area contributed by atoms with E-state index in [1.54, 1.807) is 45.9 Å². The molecule has 0 heterocycles. The molecule has 1 unspecified atom stereocenters. The number of halogens is 1. The number of benzene rings is 1. The highest BCUT2D eigenvalue weighted by Gasteiger charge is 2.37. The van der Waals surface area contributed by atoms with Gasteiger partial charge < -0.3 is 14.3 Å². The monoisotopic (exact) mass is 327 g/mol. The molecule has 0 spiro atoms. The molecule has 0 radical (unpaired) electrons. The fourth-order valence-electron chi connectivity index (χ4n) is 1.84. The fourth-order valence-corrected chi connectivity index (χ4v) is 2.10. The van der Waals surface area contributed by atoms with Crippen molar-refractivity contribution in [3.63, 3.8) is 0 Å². The van der Waals surface area contributed by atoms with Crippen LogP contribution in [0.5, 0.6) is 5.75 Å². The number of methoxy groups -OCH3 is 1. The van der Waals surface area contributed by atoms with Crippen molar-refractivity contribution < 1.29 is 19.1 Å². The van der Waals surface area contributed by atoms with Crippen LogP contribution in [0.25, 0.3) is 0 Å². The zero-order chi connectivity index (χ0) is 17.1. The smallest absolute Gasteiger partial charge is 0.411 e. The van der Waals surface area contributed by atoms with Crippen molar-refractivity contribution in [2.75, 3.05) is 14.2 Å². The van der Waals surface area contributed by atoms with Gasteiger partial charge >= 0.3 is 6.09 Å². The Hall–Kier alpha value is -1.75. The zero-order valence-corrected chi connectivity index (χ0v) is 14.5. The predicted octanol–water partition coefficient (Wildman–Crippen LogP) is 3.63. The molecule has 0 aliphatic heterocycles. The van der Waals surface area contributed by atoms with E-state index >= 15 is 0 Å². The summed E-state index contributed by atoms with van der Waals surface area (Å²) < 4.78 is 10.4. The second-order valence-electron chi connectivity index (χ2n) is 6.15. The first-order chi connectivity index (χ1) is 10.0. The highest BCUT2D eigenvalue weighted by Crippen LogP contribution is 2.32. The first-order valence-electron chi connectivity index (χ1n) is 6.82. The molecule has 122 valence electrons. The summed E-state index contributed by atoms with van der Waals surface area (Å²) in [6.07, 6.45) is 0.101. The van der Waals surface area contributed by atoms with E-state index in [0.717, 1.165) is 0 Å². The fraction of sp³-hybridized carbons (Fsp3) is 0.500. The Morgan fingerprint density at radius 3 is 2.27 bits per heavy atom. The van der Waals surface area contributed by atoms with Crippen LogP contribution in [0.4, 0.5) is 4.79 Å². The molecule has 1 aromatic carbocycles. The number of amides is 1. The van der Waals surface area contributed by atoms with Gasteiger partial charge in [-0.15, -0.1) is 0 Å². The lowest BCUT2D eigenvalue weighted by Gasteiger charge is -2.35. The topological polar surface area (TPSA) is 55.8 Å². The normalized spacial score (nSPS) is 14.0. The van der Waals surface area contributed by atoms with Gasteiger partial charge in [0.25, 0.3) is 0 Å². The van der Waals surface area contributed by atoms with Gasteiger partial charge in [-0.2, -0.15) is 0 Å². The van der Waals surface area contributed by atoms with E-state index in [1.807, 2.05) is 0 Å². The van der Waals surface area contributed by atoms with Crippen LogP contribution in [0.15, 0.2) is 18.2 Å². The lowest BCUT2D eigenvalue weighted by Crippen LogP contribution is -2.48. The lowest BCUT2D eigenvalue weighted by atomic mass is 9.92. The van der Waals surface area contributed by atoms with E-state index < -0.39 is 17.2 Å². The average Bonchev–Trinajstić information content (AvgIpc) is 2.43. The number of aldehydes is 1. The Labute approximate surface area is 136 Å². The SMILES string of the molecule is COc1ccc(C(C)(C=O)N(C)C(=O)OC(C)(C)C)cc1Cl. The van der Waals surface area contributed by atoms with E-state index in [0.29, 0.717) is 22.6 Å². The van der Waals surface area contributed by atoms with Gasteiger partial charge in [-0.25, -0.2) is 4.79 Å². The largest absolute Gasteiger partial charge is 0.495 e. The number of nitrogens with zero attached hydrogens (tertiary/aromatic N) is 1. The zero-order valence-electron chi connectivity index (χ0n) is 13.8. The second kappa shape index (κ2) is 6.57. The van der Waals surface area contributed by atoms with Gasteiger partial charge in [-0.3, -0.25) is 4.90 Å². The summed E-state index contributed by atoms with van der Waals surface area (Å²) in [4.78, 5) is 25.2. The van der Waals surface area contributed by atoms with Gasteiger partial charge in [0.2, 0.25) is 0 Å². The molecule has 1 aromatic rings. The quantitative estimate of drug-likeness (QED) is 0.792. The van der Waals surface area contributed by atoms with Crippen molar-refractivity contribution in [1.29, 1.82) is 0 Å². The molecule has 1 atom stereocenters. The molecule has 0 aliphatic carbocycles. The third kappa shape index (κ3) is 3.91. The van der Waals surface area contributed by atoms with E-state index in [2.05, 4.69) is 0 Å². The van der Waals surface area contributed by atoms with Crippen LogP contribution < -0.4 is 4.74 Å². The van der Waals surface area contributed by atoms with Gasteiger partial charge in [0.1, 0.15) is 23.2 Å². The molecule has 22 heavy (non-hydrogen) atoms. The van der Waals surface area contributed by atoms with Gasteiger partial charge in [-0.1, -0.05) is 17.7 Å². The van der Waals surface area contributed by atoms with Crippen LogP contribution in [0, 0.1) is 0 Å². The van der Waals surface area contributed by atoms with Crippen LogP contribution in [-0.2, 0) is 15.1 Å². The molecule has 5 nitrogen and oxygen atoms in total. The van der Waals surface area contributed by atoms with Crippen molar-refractivity contribution in [2.45, 2.75) is 38.8 Å². The van der Waals surface area contributed by atoms with Gasteiger partial charge in [0, 0.05) is 7.05 Å². The van der Waals surface area contributed by atoms with Crippen molar-refractivity contribution in [3.05, 3.63) is 28.8 Å². The minimum absolute atomic E-state index is 0.366. The predicted molar refractivity (Wildman–Crippen MR) is 85.4 cm³/mol. The summed E-state index contributed by atoms with van der Waals surface area (Å²) in [5.41, 5.74) is -1.27. The number of rotatable bonds is 4. The van der Waals surface area contributed by atoms with E-state index in [1.165, 1.54) is 19.1 Å². The number of carbonyl (C=O) groups is 2. The summed E-state index contributed by atoms with van der Waals surface area (Å²) in [5, 5.41) is 0.366. The Morgan fingerprint density at radius 1 is 1.27 bits per heavy atom. The minimum Gasteiger partial charge on any atom is -0.495 e. The van der Waals surface area contributed by atoms with Crippen molar-refractivity contribution in [3.8, 4) is 5.75 Å². The summed E-state index contributed by atoms with van der Waals surface area (Å²) in [7, 11) is 3.02. The maximum atomic E-state index is 12.2. The Balaban J connectivity index is 3.17. The van der Waals surface area contributed by atoms with Crippen LogP contribution in [0.2, 0.25) is 5.02 Å². The first-order valence-corrected chi connectivity index (χ1v) is 7.20. The number of hydrogen-bond acceptors (Lipinski definition) is 4. The lowest BCUT2D eigenvalue weighted by molar-refractivity contribution is -0.117. The summed E-state index contributed by atoms with van der Waals surface area (Å²) in [6, 6.07) is 4.96. The first kappa shape index (κ1) is 18.3. The molecule has 1 rings (SSSR count). The maximum absolute atomic E-state index is 12.2. The molecular weight excluding hydrogens is 306 g/mol. The third-order valence-corrected chi connectivity index (χ3v) is 3.63. The molecule has 0 aliphatic rings. The molecule has 0 bridgehead atoms. The third-order valence-electron chi connectivity index (χ3n) is 3.33. The van der Waals surface area contributed by atoms with Crippen LogP contribution in [0.1, 0.15) is 33.3 Å². The van der Waals surface area contributed by atoms with E-state index in [4.69, 9.17) is 21.1 Å². The second-order valence-corrected chi connectivity index (χ2v) is 6.56. The van der Waals surface area contributed by atoms with Crippen molar-refractivity contribution in [1.82, 2.24) is 4.90 Å². The van der Waals surface area contributed by atoms with E-state index in [-0.39, 0.29) is 0 Å². The van der Waals surface area contributed by atoms with Crippen LogP contribution in [0.3, 0.4) is 0 Å².